The molecule has 3 rings (SSSR count). The molecule has 3 saturated heterocycles. The molecule has 0 N–H and O–H groups in total. The van der Waals surface area contributed by atoms with Gasteiger partial charge in [0.1, 0.15) is 0 Å². The second-order valence-corrected chi connectivity index (χ2v) is 10.6. The maximum atomic E-state index is 5.30. The summed E-state index contributed by atoms with van der Waals surface area (Å²) in [7, 11) is 0. The topological polar surface area (TPSA) is 27.7 Å². The van der Waals surface area contributed by atoms with E-state index in [1.54, 1.807) is 0 Å². The summed E-state index contributed by atoms with van der Waals surface area (Å²) in [5.74, 6) is 0.808. The molecule has 3 heteroatoms. The lowest BCUT2D eigenvalue weighted by atomic mass is 9.80. The monoisotopic (exact) mass is 342 g/mol. The molecule has 0 aliphatic carbocycles. The zero-order valence-corrected chi connectivity index (χ0v) is 17.7. The minimum atomic E-state index is 0.373. The lowest BCUT2D eigenvalue weighted by Gasteiger charge is -2.37. The minimum absolute atomic E-state index is 0.373. The average molecular weight is 343 g/mol. The minimum Gasteiger partial charge on any atom is -0.381 e. The molecule has 2 atom stereocenters. The Bertz CT molecular complexity index is 288. The van der Waals surface area contributed by atoms with Gasteiger partial charge in [-0.05, 0) is 29.1 Å². The molecule has 0 spiro atoms. The Hall–Kier alpha value is -0.120. The molecule has 0 unspecified atom stereocenters. The highest BCUT2D eigenvalue weighted by Gasteiger charge is 2.31. The first-order valence-electron chi connectivity index (χ1n) is 9.63. The van der Waals surface area contributed by atoms with Crippen LogP contribution >= 0.6 is 0 Å². The number of rotatable bonds is 0. The normalized spacial score (nSPS) is 27.4. The third-order valence-corrected chi connectivity index (χ3v) is 5.19. The predicted molar refractivity (Wildman–Crippen MR) is 101 cm³/mol. The summed E-state index contributed by atoms with van der Waals surface area (Å²) < 4.78 is 15.7. The first kappa shape index (κ1) is 21.9. The molecule has 0 aromatic heterocycles. The molecular weight excluding hydrogens is 300 g/mol. The molecule has 0 amide bonds. The second kappa shape index (κ2) is 8.51. The Balaban J connectivity index is 0.000000180. The summed E-state index contributed by atoms with van der Waals surface area (Å²) in [4.78, 5) is 0. The van der Waals surface area contributed by atoms with Gasteiger partial charge in [-0.3, -0.25) is 0 Å². The molecule has 3 fully saturated rings. The van der Waals surface area contributed by atoms with E-state index in [2.05, 4.69) is 62.3 Å². The highest BCUT2D eigenvalue weighted by Crippen LogP contribution is 2.31. The van der Waals surface area contributed by atoms with Gasteiger partial charge in [-0.1, -0.05) is 62.3 Å². The van der Waals surface area contributed by atoms with E-state index >= 15 is 0 Å². The first-order chi connectivity index (χ1) is 10.8. The molecule has 3 aliphatic rings. The van der Waals surface area contributed by atoms with Crippen LogP contribution in [0.1, 0.15) is 75.2 Å². The van der Waals surface area contributed by atoms with Gasteiger partial charge >= 0.3 is 0 Å². The molecule has 0 aromatic carbocycles. The molecular formula is C21H42O3. The summed E-state index contributed by atoms with van der Waals surface area (Å²) >= 11 is 0. The molecule has 3 heterocycles. The standard InChI is InChI=1S/3C7H14O/c1-7(2,3)6-4-8-5-6;2*1-7(2,3)6-4-5-8-6/h3*6H,4-5H2,1-3H3/t;2*6-/m.10/s1. The van der Waals surface area contributed by atoms with Crippen LogP contribution in [0.3, 0.4) is 0 Å². The molecule has 0 bridgehead atoms. The van der Waals surface area contributed by atoms with E-state index in [0.29, 0.717) is 28.5 Å². The third-order valence-electron chi connectivity index (χ3n) is 5.19. The highest BCUT2D eigenvalue weighted by atomic mass is 16.5. The summed E-state index contributed by atoms with van der Waals surface area (Å²) in [5.41, 5.74) is 1.22. The van der Waals surface area contributed by atoms with E-state index in [9.17, 15) is 0 Å². The maximum Gasteiger partial charge on any atom is 0.0645 e. The summed E-state index contributed by atoms with van der Waals surface area (Å²) in [6, 6.07) is 0. The Morgan fingerprint density at radius 3 is 0.917 bits per heavy atom. The average Bonchev–Trinajstić information content (AvgIpc) is 1.98. The Morgan fingerprint density at radius 1 is 0.583 bits per heavy atom. The van der Waals surface area contributed by atoms with Crippen LogP contribution < -0.4 is 0 Å². The van der Waals surface area contributed by atoms with Crippen molar-refractivity contribution in [1.29, 1.82) is 0 Å². The largest absolute Gasteiger partial charge is 0.381 e. The van der Waals surface area contributed by atoms with Crippen LogP contribution in [-0.4, -0.2) is 38.6 Å². The van der Waals surface area contributed by atoms with Gasteiger partial charge < -0.3 is 14.2 Å². The zero-order chi connectivity index (χ0) is 18.6. The van der Waals surface area contributed by atoms with Crippen molar-refractivity contribution in [2.75, 3.05) is 26.4 Å². The van der Waals surface area contributed by atoms with Crippen molar-refractivity contribution < 1.29 is 14.2 Å². The van der Waals surface area contributed by atoms with Crippen LogP contribution in [-0.2, 0) is 14.2 Å². The molecule has 0 radical (unpaired) electrons. The van der Waals surface area contributed by atoms with Crippen molar-refractivity contribution in [3.63, 3.8) is 0 Å². The van der Waals surface area contributed by atoms with Crippen LogP contribution in [0, 0.1) is 22.2 Å². The van der Waals surface area contributed by atoms with E-state index in [1.165, 1.54) is 12.8 Å². The summed E-state index contributed by atoms with van der Waals surface area (Å²) in [6.07, 6.45) is 3.57. The van der Waals surface area contributed by atoms with Gasteiger partial charge in [-0.25, -0.2) is 0 Å². The second-order valence-electron chi connectivity index (χ2n) is 10.6. The molecule has 0 aromatic rings. The SMILES string of the molecule is CC(C)(C)C1COC1.CC(C)(C)[C@@H]1CCO1.CC(C)(C)[C@H]1CCO1. The fourth-order valence-corrected chi connectivity index (χ4v) is 2.57. The smallest absolute Gasteiger partial charge is 0.0645 e. The van der Waals surface area contributed by atoms with E-state index in [4.69, 9.17) is 14.2 Å². The number of hydrogen-bond donors (Lipinski definition) is 0. The van der Waals surface area contributed by atoms with Crippen molar-refractivity contribution in [3.8, 4) is 0 Å². The van der Waals surface area contributed by atoms with Gasteiger partial charge in [0.05, 0.1) is 25.4 Å². The lowest BCUT2D eigenvalue weighted by Crippen LogP contribution is -2.38. The molecule has 24 heavy (non-hydrogen) atoms. The van der Waals surface area contributed by atoms with Gasteiger partial charge in [0, 0.05) is 19.1 Å². The summed E-state index contributed by atoms with van der Waals surface area (Å²) in [5, 5.41) is 0. The molecule has 144 valence electrons. The Labute approximate surface area is 150 Å². The fraction of sp³-hybridized carbons (Fsp3) is 1.00. The fourth-order valence-electron chi connectivity index (χ4n) is 2.57. The van der Waals surface area contributed by atoms with Gasteiger partial charge in [0.25, 0.3) is 0 Å². The summed E-state index contributed by atoms with van der Waals surface area (Å²) in [6.45, 7) is 24.0. The third kappa shape index (κ3) is 7.41. The van der Waals surface area contributed by atoms with Gasteiger partial charge in [-0.15, -0.1) is 0 Å². The quantitative estimate of drug-likeness (QED) is 0.596. The van der Waals surface area contributed by atoms with Crippen LogP contribution in [0.2, 0.25) is 0 Å². The Morgan fingerprint density at radius 2 is 0.917 bits per heavy atom. The number of hydrogen-bond acceptors (Lipinski definition) is 3. The van der Waals surface area contributed by atoms with Gasteiger partial charge in [0.15, 0.2) is 0 Å². The first-order valence-corrected chi connectivity index (χ1v) is 9.63. The predicted octanol–water partition coefficient (Wildman–Crippen LogP) is 5.32. The highest BCUT2D eigenvalue weighted by molar-refractivity contribution is 4.80. The number of ether oxygens (including phenoxy) is 3. The van der Waals surface area contributed by atoms with Crippen molar-refractivity contribution in [2.24, 2.45) is 22.2 Å². The van der Waals surface area contributed by atoms with Crippen LogP contribution in [0.15, 0.2) is 0 Å². The van der Waals surface area contributed by atoms with E-state index < -0.39 is 0 Å². The molecule has 3 nitrogen and oxygen atoms in total. The Kier molecular flexibility index (Phi) is 7.77. The van der Waals surface area contributed by atoms with Crippen LogP contribution in [0.5, 0.6) is 0 Å². The van der Waals surface area contributed by atoms with E-state index in [0.717, 1.165) is 32.3 Å². The van der Waals surface area contributed by atoms with Crippen LogP contribution in [0.25, 0.3) is 0 Å². The van der Waals surface area contributed by atoms with Crippen molar-refractivity contribution in [2.45, 2.75) is 87.4 Å². The van der Waals surface area contributed by atoms with E-state index in [1.807, 2.05) is 0 Å². The molecule has 0 saturated carbocycles. The van der Waals surface area contributed by atoms with Crippen molar-refractivity contribution >= 4 is 0 Å². The van der Waals surface area contributed by atoms with Gasteiger partial charge in [0.2, 0.25) is 0 Å². The maximum absolute atomic E-state index is 5.30. The van der Waals surface area contributed by atoms with Gasteiger partial charge in [-0.2, -0.15) is 0 Å². The van der Waals surface area contributed by atoms with Crippen molar-refractivity contribution in [1.82, 2.24) is 0 Å². The van der Waals surface area contributed by atoms with E-state index in [-0.39, 0.29) is 0 Å². The van der Waals surface area contributed by atoms with Crippen LogP contribution in [0.4, 0.5) is 0 Å². The van der Waals surface area contributed by atoms with Crippen molar-refractivity contribution in [3.05, 3.63) is 0 Å². The molecule has 3 aliphatic heterocycles. The lowest BCUT2D eigenvalue weighted by molar-refractivity contribution is -0.109. The zero-order valence-electron chi connectivity index (χ0n) is 17.7.